The van der Waals surface area contributed by atoms with Crippen molar-refractivity contribution in [3.05, 3.63) is 11.6 Å². The van der Waals surface area contributed by atoms with Gasteiger partial charge in [-0.05, 0) is 12.8 Å². The highest BCUT2D eigenvalue weighted by molar-refractivity contribution is 9.12. The van der Waals surface area contributed by atoms with Crippen LogP contribution in [0, 0.1) is 5.41 Å². The molecule has 0 aromatic rings. The van der Waals surface area contributed by atoms with E-state index in [1.807, 2.05) is 6.08 Å². The molecule has 0 heterocycles. The van der Waals surface area contributed by atoms with E-state index in [-0.39, 0.29) is 15.1 Å². The Morgan fingerprint density at radius 2 is 2.13 bits per heavy atom. The molecule has 4 atom stereocenters. The first-order valence-electron chi connectivity index (χ1n) is 4.69. The third-order valence-electron chi connectivity index (χ3n) is 3.03. The van der Waals surface area contributed by atoms with Crippen molar-refractivity contribution >= 4 is 66.7 Å². The largest absolute Gasteiger partial charge is 0.125 e. The van der Waals surface area contributed by atoms with E-state index in [2.05, 4.69) is 38.8 Å². The van der Waals surface area contributed by atoms with Gasteiger partial charge in [0.15, 0.2) is 0 Å². The molecule has 0 aromatic carbocycles. The van der Waals surface area contributed by atoms with Crippen molar-refractivity contribution in [1.29, 1.82) is 0 Å². The summed E-state index contributed by atoms with van der Waals surface area (Å²) in [5.74, 6) is 0.554. The molecule has 0 unspecified atom stereocenters. The number of halogens is 5. The highest BCUT2D eigenvalue weighted by Crippen LogP contribution is 2.52. The van der Waals surface area contributed by atoms with Crippen LogP contribution in [0.15, 0.2) is 11.6 Å². The van der Waals surface area contributed by atoms with E-state index < -0.39 is 0 Å². The average Bonchev–Trinajstić information content (AvgIpc) is 2.15. The summed E-state index contributed by atoms with van der Waals surface area (Å²) in [5.41, 5.74) is 1.44. The van der Waals surface area contributed by atoms with Gasteiger partial charge >= 0.3 is 0 Å². The summed E-state index contributed by atoms with van der Waals surface area (Å²) in [6, 6.07) is 0. The molecule has 0 bridgehead atoms. The molecule has 1 aliphatic carbocycles. The average molecular weight is 399 g/mol. The normalized spacial score (nSPS) is 47.3. The fourth-order valence-corrected chi connectivity index (χ4v) is 4.74. The molecule has 0 N–H and O–H groups in total. The summed E-state index contributed by atoms with van der Waals surface area (Å²) in [6.45, 7) is 2.12. The molecule has 0 nitrogen and oxygen atoms in total. The van der Waals surface area contributed by atoms with Crippen molar-refractivity contribution < 1.29 is 0 Å². The molecule has 0 saturated heterocycles. The Labute approximate surface area is 123 Å². The zero-order chi connectivity index (χ0) is 11.7. The molecule has 1 fully saturated rings. The molecule has 0 amide bonds. The molecule has 0 spiro atoms. The first-order chi connectivity index (χ1) is 6.88. The van der Waals surface area contributed by atoms with Gasteiger partial charge in [-0.3, -0.25) is 0 Å². The van der Waals surface area contributed by atoms with Gasteiger partial charge in [0, 0.05) is 27.0 Å². The van der Waals surface area contributed by atoms with E-state index in [0.29, 0.717) is 10.7 Å². The van der Waals surface area contributed by atoms with Gasteiger partial charge in [-0.1, -0.05) is 56.5 Å². The second kappa shape index (κ2) is 5.48. The minimum atomic E-state index is -0.106. The van der Waals surface area contributed by atoms with E-state index in [1.54, 1.807) is 5.54 Å². The fraction of sp³-hybridized carbons (Fsp3) is 0.800. The lowest BCUT2D eigenvalue weighted by molar-refractivity contribution is 0.267. The summed E-state index contributed by atoms with van der Waals surface area (Å²) >= 11 is 25.4. The van der Waals surface area contributed by atoms with Crippen molar-refractivity contribution in [2.45, 2.75) is 34.3 Å². The van der Waals surface area contributed by atoms with Crippen LogP contribution in [0.1, 0.15) is 19.8 Å². The quantitative estimate of drug-likeness (QED) is 0.554. The van der Waals surface area contributed by atoms with Crippen molar-refractivity contribution in [1.82, 2.24) is 0 Å². The Kier molecular flexibility index (Phi) is 5.34. The van der Waals surface area contributed by atoms with Gasteiger partial charge in [-0.25, -0.2) is 0 Å². The predicted molar refractivity (Wildman–Crippen MR) is 77.1 cm³/mol. The molecule has 0 aromatic heterocycles. The first-order valence-corrected chi connectivity index (χ1v) is 7.80. The van der Waals surface area contributed by atoms with Gasteiger partial charge in [0.25, 0.3) is 0 Å². The van der Waals surface area contributed by atoms with Crippen LogP contribution in [-0.2, 0) is 0 Å². The molecular weight excluding hydrogens is 386 g/mol. The lowest BCUT2D eigenvalue weighted by Gasteiger charge is -2.47. The lowest BCUT2D eigenvalue weighted by atomic mass is 9.71. The maximum atomic E-state index is 6.38. The van der Waals surface area contributed by atoms with Gasteiger partial charge in [0.05, 0.1) is 4.32 Å². The Morgan fingerprint density at radius 1 is 1.53 bits per heavy atom. The van der Waals surface area contributed by atoms with E-state index >= 15 is 0 Å². The third-order valence-corrected chi connectivity index (χ3v) is 7.61. The van der Waals surface area contributed by atoms with E-state index in [4.69, 9.17) is 34.8 Å². The van der Waals surface area contributed by atoms with Crippen LogP contribution in [0.5, 0.6) is 0 Å². The van der Waals surface area contributed by atoms with Crippen LogP contribution in [0.4, 0.5) is 0 Å². The maximum absolute atomic E-state index is 6.38. The van der Waals surface area contributed by atoms with E-state index in [9.17, 15) is 0 Å². The van der Waals surface area contributed by atoms with Crippen LogP contribution in [0.25, 0.3) is 0 Å². The Bertz CT molecular complexity index is 259. The second-order valence-corrected chi connectivity index (χ2v) is 8.04. The molecule has 0 aliphatic heterocycles. The summed E-state index contributed by atoms with van der Waals surface area (Å²) in [7, 11) is 0. The van der Waals surface area contributed by atoms with Crippen molar-refractivity contribution in [3.8, 4) is 0 Å². The molecular formula is C10H13Br2Cl3. The Balaban J connectivity index is 2.94. The number of hydrogen-bond donors (Lipinski definition) is 0. The first kappa shape index (κ1) is 14.6. The van der Waals surface area contributed by atoms with E-state index in [0.717, 1.165) is 12.8 Å². The predicted octanol–water partition coefficient (Wildman–Crippen LogP) is 5.28. The fourth-order valence-electron chi connectivity index (χ4n) is 1.96. The van der Waals surface area contributed by atoms with Gasteiger partial charge in [-0.15, -0.1) is 23.2 Å². The van der Waals surface area contributed by atoms with Gasteiger partial charge in [-0.2, -0.15) is 0 Å². The molecule has 1 aliphatic rings. The maximum Gasteiger partial charge on any atom is 0.0526 e. The number of rotatable bonds is 2. The minimum absolute atomic E-state index is 0.0748. The standard InChI is InChI=1S/C10H13Br2Cl3/c1-9(2-3-13)5-10(12,6-14)7(11)4-8(9)15/h2-3,7-8H,4-6H2,1H3/b3-2+/t7-,8+,9-,10-/m0/s1. The summed E-state index contributed by atoms with van der Waals surface area (Å²) in [4.78, 5) is 0.293. The summed E-state index contributed by atoms with van der Waals surface area (Å²) in [5, 5.41) is 0.0748. The van der Waals surface area contributed by atoms with Crippen LogP contribution >= 0.6 is 66.7 Å². The minimum Gasteiger partial charge on any atom is -0.125 e. The molecule has 15 heavy (non-hydrogen) atoms. The highest BCUT2D eigenvalue weighted by Gasteiger charge is 2.49. The second-order valence-electron chi connectivity index (χ2n) is 4.31. The van der Waals surface area contributed by atoms with Gasteiger partial charge < -0.3 is 0 Å². The Hall–Kier alpha value is 1.57. The summed E-state index contributed by atoms with van der Waals surface area (Å²) < 4.78 is -0.106. The van der Waals surface area contributed by atoms with Crippen LogP contribution < -0.4 is 0 Å². The number of allylic oxidation sites excluding steroid dienone is 1. The van der Waals surface area contributed by atoms with Gasteiger partial charge in [0.1, 0.15) is 0 Å². The van der Waals surface area contributed by atoms with E-state index in [1.165, 1.54) is 0 Å². The Morgan fingerprint density at radius 3 is 2.60 bits per heavy atom. The number of hydrogen-bond acceptors (Lipinski definition) is 0. The molecule has 5 heteroatoms. The third kappa shape index (κ3) is 3.07. The van der Waals surface area contributed by atoms with Crippen LogP contribution in [-0.4, -0.2) is 20.4 Å². The molecule has 1 rings (SSSR count). The van der Waals surface area contributed by atoms with Crippen molar-refractivity contribution in [3.63, 3.8) is 0 Å². The molecule has 0 radical (unpaired) electrons. The zero-order valence-corrected chi connectivity index (χ0v) is 13.8. The monoisotopic (exact) mass is 396 g/mol. The van der Waals surface area contributed by atoms with Crippen LogP contribution in [0.3, 0.4) is 0 Å². The molecule has 88 valence electrons. The van der Waals surface area contributed by atoms with Crippen molar-refractivity contribution in [2.75, 3.05) is 5.88 Å². The molecule has 1 saturated carbocycles. The zero-order valence-electron chi connectivity index (χ0n) is 8.32. The topological polar surface area (TPSA) is 0 Å². The summed E-state index contributed by atoms with van der Waals surface area (Å²) in [6.07, 6.45) is 3.71. The van der Waals surface area contributed by atoms with Gasteiger partial charge in [0.2, 0.25) is 0 Å². The highest BCUT2D eigenvalue weighted by atomic mass is 79.9. The lowest BCUT2D eigenvalue weighted by Crippen LogP contribution is -2.49. The smallest absolute Gasteiger partial charge is 0.0526 e. The SMILES string of the molecule is C[C@]1(/C=C/Cl)C[C@](Br)(CCl)[C@@H](Br)C[C@H]1Cl. The number of alkyl halides is 4. The van der Waals surface area contributed by atoms with Crippen molar-refractivity contribution in [2.24, 2.45) is 5.41 Å². The van der Waals surface area contributed by atoms with Crippen LogP contribution in [0.2, 0.25) is 0 Å².